The summed E-state index contributed by atoms with van der Waals surface area (Å²) in [6.45, 7) is 0. The summed E-state index contributed by atoms with van der Waals surface area (Å²) < 4.78 is 15.1. The molecule has 0 bridgehead atoms. The van der Waals surface area contributed by atoms with Crippen molar-refractivity contribution in [3.8, 4) is 17.2 Å². The largest absolute Gasteiger partial charge is 0.497 e. The van der Waals surface area contributed by atoms with Gasteiger partial charge in [0.05, 0.1) is 42.5 Å². The van der Waals surface area contributed by atoms with Crippen molar-refractivity contribution in [1.82, 2.24) is 0 Å². The van der Waals surface area contributed by atoms with E-state index in [0.717, 1.165) is 12.1 Å². The number of methoxy groups -OCH3 is 2. The van der Waals surface area contributed by atoms with E-state index in [2.05, 4.69) is 0 Å². The second-order valence-electron chi connectivity index (χ2n) is 5.88. The Labute approximate surface area is 168 Å². The number of nitro groups is 2. The van der Waals surface area contributed by atoms with Gasteiger partial charge in [-0.15, -0.1) is 0 Å². The molecule has 1 unspecified atom stereocenters. The topological polar surface area (TPSA) is 168 Å². The van der Waals surface area contributed by atoms with Gasteiger partial charge < -0.3 is 19.3 Å². The molecule has 12 heteroatoms. The minimum absolute atomic E-state index is 0.189. The maximum Gasteiger partial charge on any atom is 0.318 e. The van der Waals surface area contributed by atoms with Crippen molar-refractivity contribution in [2.75, 3.05) is 14.2 Å². The molecule has 0 spiro atoms. The molecule has 2 aromatic carbocycles. The first-order valence-corrected chi connectivity index (χ1v) is 8.25. The molecule has 0 heterocycles. The Kier molecular flexibility index (Phi) is 6.86. The maximum atomic E-state index is 12.3. The summed E-state index contributed by atoms with van der Waals surface area (Å²) in [6, 6.07) is 6.80. The van der Waals surface area contributed by atoms with Gasteiger partial charge in [-0.05, 0) is 23.8 Å². The molecule has 0 radical (unpaired) electrons. The average Bonchev–Trinajstić information content (AvgIpc) is 2.71. The predicted octanol–water partition coefficient (Wildman–Crippen LogP) is 2.68. The van der Waals surface area contributed by atoms with Crippen molar-refractivity contribution in [3.63, 3.8) is 0 Å². The van der Waals surface area contributed by atoms with E-state index in [1.54, 1.807) is 0 Å². The number of benzene rings is 2. The normalized spacial score (nSPS) is 11.3. The number of carboxylic acid groups (broad SMARTS) is 1. The van der Waals surface area contributed by atoms with Gasteiger partial charge in [0.2, 0.25) is 5.75 Å². The Balaban J connectivity index is 2.30. The van der Waals surface area contributed by atoms with Crippen LogP contribution in [-0.4, -0.2) is 41.1 Å². The number of non-ortho nitro benzene ring substituents is 1. The number of hydrogen-bond acceptors (Lipinski definition) is 9. The van der Waals surface area contributed by atoms with E-state index in [4.69, 9.17) is 14.2 Å². The highest BCUT2D eigenvalue weighted by Gasteiger charge is 2.28. The number of rotatable bonds is 9. The van der Waals surface area contributed by atoms with E-state index in [-0.39, 0.29) is 5.56 Å². The first-order valence-electron chi connectivity index (χ1n) is 8.25. The van der Waals surface area contributed by atoms with Gasteiger partial charge in [-0.3, -0.25) is 29.8 Å². The minimum Gasteiger partial charge on any atom is -0.497 e. The molecule has 1 N–H and O–H groups in total. The van der Waals surface area contributed by atoms with Crippen LogP contribution >= 0.6 is 0 Å². The van der Waals surface area contributed by atoms with Gasteiger partial charge in [0.15, 0.2) is 0 Å². The van der Waals surface area contributed by atoms with Crippen LogP contribution in [0, 0.1) is 20.2 Å². The summed E-state index contributed by atoms with van der Waals surface area (Å²) in [7, 11) is 2.74. The Bertz CT molecular complexity index is 982. The molecule has 0 amide bonds. The summed E-state index contributed by atoms with van der Waals surface area (Å²) in [5.74, 6) is -3.73. The molecule has 2 aromatic rings. The van der Waals surface area contributed by atoms with Gasteiger partial charge >= 0.3 is 17.6 Å². The number of esters is 1. The number of hydrogen-bond donors (Lipinski definition) is 1. The van der Waals surface area contributed by atoms with Crippen LogP contribution in [0.2, 0.25) is 0 Å². The quantitative estimate of drug-likeness (QED) is 0.275. The Morgan fingerprint density at radius 3 is 2.07 bits per heavy atom. The first-order chi connectivity index (χ1) is 14.2. The zero-order chi connectivity index (χ0) is 22.4. The van der Waals surface area contributed by atoms with Gasteiger partial charge in [-0.25, -0.2) is 0 Å². The van der Waals surface area contributed by atoms with Crippen LogP contribution < -0.4 is 14.2 Å². The zero-order valence-corrected chi connectivity index (χ0v) is 15.8. The van der Waals surface area contributed by atoms with Gasteiger partial charge in [0.1, 0.15) is 11.5 Å². The van der Waals surface area contributed by atoms with E-state index in [1.807, 2.05) is 0 Å². The lowest BCUT2D eigenvalue weighted by molar-refractivity contribution is -0.394. The van der Waals surface area contributed by atoms with Crippen LogP contribution in [0.25, 0.3) is 0 Å². The summed E-state index contributed by atoms with van der Waals surface area (Å²) in [5, 5.41) is 31.5. The Morgan fingerprint density at radius 2 is 1.60 bits per heavy atom. The molecule has 0 fully saturated rings. The average molecular weight is 420 g/mol. The summed E-state index contributed by atoms with van der Waals surface area (Å²) >= 11 is 0. The van der Waals surface area contributed by atoms with Crippen molar-refractivity contribution < 1.29 is 38.8 Å². The summed E-state index contributed by atoms with van der Waals surface area (Å²) in [5.41, 5.74) is -1.17. The van der Waals surface area contributed by atoms with E-state index in [1.165, 1.54) is 32.4 Å². The molecule has 12 nitrogen and oxygen atoms in total. The third-order valence-electron chi connectivity index (χ3n) is 4.02. The highest BCUT2D eigenvalue weighted by molar-refractivity contribution is 5.84. The maximum absolute atomic E-state index is 12.3. The third-order valence-corrected chi connectivity index (χ3v) is 4.02. The van der Waals surface area contributed by atoms with Crippen LogP contribution in [0.1, 0.15) is 17.9 Å². The molecule has 0 aliphatic heterocycles. The van der Waals surface area contributed by atoms with Gasteiger partial charge in [-0.2, -0.15) is 0 Å². The van der Waals surface area contributed by atoms with Gasteiger partial charge in [0, 0.05) is 12.1 Å². The summed E-state index contributed by atoms with van der Waals surface area (Å²) in [4.78, 5) is 44.1. The second-order valence-corrected chi connectivity index (χ2v) is 5.88. The lowest BCUT2D eigenvalue weighted by atomic mass is 9.95. The molecule has 2 rings (SSSR count). The fourth-order valence-electron chi connectivity index (χ4n) is 2.56. The van der Waals surface area contributed by atoms with Crippen molar-refractivity contribution in [3.05, 3.63) is 62.2 Å². The number of carboxylic acids is 1. The van der Waals surface area contributed by atoms with Gasteiger partial charge in [0.25, 0.3) is 5.69 Å². The van der Waals surface area contributed by atoms with Crippen molar-refractivity contribution in [2.45, 2.75) is 12.3 Å². The number of carbonyl (C=O) groups excluding carboxylic acids is 1. The highest BCUT2D eigenvalue weighted by Crippen LogP contribution is 2.33. The molecule has 1 atom stereocenters. The number of aliphatic carboxylic acids is 1. The van der Waals surface area contributed by atoms with Crippen LogP contribution in [0.15, 0.2) is 36.4 Å². The molecule has 30 heavy (non-hydrogen) atoms. The standard InChI is InChI=1S/C18H16N2O10/c1-28-12-5-10(6-13(8-12)29-2)14(18(22)23)9-17(21)30-16-4-3-11(19(24)25)7-15(16)20(26)27/h3-8,14H,9H2,1-2H3,(H,22,23). The Hall–Kier alpha value is -4.22. The highest BCUT2D eigenvalue weighted by atomic mass is 16.6. The van der Waals surface area contributed by atoms with Crippen molar-refractivity contribution >= 4 is 23.3 Å². The SMILES string of the molecule is COc1cc(OC)cc(C(CC(=O)Oc2ccc([N+](=O)[O-])cc2[N+](=O)[O-])C(=O)O)c1. The first kappa shape index (κ1) is 22.1. The second kappa shape index (κ2) is 9.32. The lowest BCUT2D eigenvalue weighted by Gasteiger charge is -2.15. The van der Waals surface area contributed by atoms with E-state index in [9.17, 15) is 34.9 Å². The van der Waals surface area contributed by atoms with Gasteiger partial charge in [-0.1, -0.05) is 0 Å². The molecule has 0 aromatic heterocycles. The van der Waals surface area contributed by atoms with Crippen molar-refractivity contribution in [1.29, 1.82) is 0 Å². The molecule has 0 aliphatic carbocycles. The number of nitrogens with zero attached hydrogens (tertiary/aromatic N) is 2. The molecular formula is C18H16N2O10. The number of ether oxygens (including phenoxy) is 3. The third kappa shape index (κ3) is 5.19. The fourth-order valence-corrected chi connectivity index (χ4v) is 2.56. The van der Waals surface area contributed by atoms with E-state index < -0.39 is 51.2 Å². The zero-order valence-electron chi connectivity index (χ0n) is 15.8. The van der Waals surface area contributed by atoms with Crippen LogP contribution in [0.3, 0.4) is 0 Å². The monoisotopic (exact) mass is 420 g/mol. The molecule has 0 saturated heterocycles. The van der Waals surface area contributed by atoms with Crippen LogP contribution in [0.5, 0.6) is 17.2 Å². The van der Waals surface area contributed by atoms with E-state index in [0.29, 0.717) is 17.6 Å². The van der Waals surface area contributed by atoms with E-state index >= 15 is 0 Å². The number of nitro benzene ring substituents is 2. The molecule has 0 saturated carbocycles. The van der Waals surface area contributed by atoms with Crippen molar-refractivity contribution in [2.24, 2.45) is 0 Å². The smallest absolute Gasteiger partial charge is 0.318 e. The minimum atomic E-state index is -1.36. The molecule has 0 aliphatic rings. The summed E-state index contributed by atoms with van der Waals surface area (Å²) in [6.07, 6.45) is -0.667. The van der Waals surface area contributed by atoms with Crippen LogP contribution in [0.4, 0.5) is 11.4 Å². The fraction of sp³-hybridized carbons (Fsp3) is 0.222. The number of carbonyl (C=O) groups is 2. The lowest BCUT2D eigenvalue weighted by Crippen LogP contribution is -2.20. The predicted molar refractivity (Wildman–Crippen MR) is 99.9 cm³/mol. The molecular weight excluding hydrogens is 404 g/mol. The molecule has 158 valence electrons. The Morgan fingerprint density at radius 1 is 1.00 bits per heavy atom. The van der Waals surface area contributed by atoms with Crippen LogP contribution in [-0.2, 0) is 9.59 Å².